The van der Waals surface area contributed by atoms with E-state index in [1.807, 2.05) is 13.0 Å². The topological polar surface area (TPSA) is 83.5 Å². The normalized spacial score (nSPS) is 12.2. The van der Waals surface area contributed by atoms with Crippen molar-refractivity contribution in [3.63, 3.8) is 0 Å². The van der Waals surface area contributed by atoms with Crippen LogP contribution < -0.4 is 10.4 Å². The van der Waals surface area contributed by atoms with E-state index in [0.717, 1.165) is 21.0 Å². The first-order valence-electron chi connectivity index (χ1n) is 9.13. The standard InChI is InChI=1S/C20H20F3N5O3/c1-12-6-5-7-17(28-19(29)27(3)25-26-28)15(12)11-31-24-13(2)14-8-9-18(30-4)16(10-14)20(21,22)23/h5-10H,11H2,1-4H3. The zero-order valence-electron chi connectivity index (χ0n) is 17.3. The summed E-state index contributed by atoms with van der Waals surface area (Å²) in [6.45, 7) is 3.35. The smallest absolute Gasteiger partial charge is 0.419 e. The van der Waals surface area contributed by atoms with E-state index in [2.05, 4.69) is 15.6 Å². The predicted octanol–water partition coefficient (Wildman–Crippen LogP) is 3.24. The van der Waals surface area contributed by atoms with Gasteiger partial charge in [0.05, 0.1) is 24.1 Å². The Morgan fingerprint density at radius 2 is 1.94 bits per heavy atom. The fourth-order valence-corrected chi connectivity index (χ4v) is 2.94. The molecule has 164 valence electrons. The van der Waals surface area contributed by atoms with Crippen LogP contribution in [0.1, 0.15) is 29.2 Å². The van der Waals surface area contributed by atoms with E-state index in [-0.39, 0.29) is 23.6 Å². The van der Waals surface area contributed by atoms with Crippen molar-refractivity contribution >= 4 is 5.71 Å². The van der Waals surface area contributed by atoms with E-state index in [4.69, 9.17) is 9.57 Å². The first kappa shape index (κ1) is 22.1. The van der Waals surface area contributed by atoms with Crippen LogP contribution in [0.5, 0.6) is 5.75 Å². The lowest BCUT2D eigenvalue weighted by Gasteiger charge is -2.13. The molecule has 3 rings (SSSR count). The number of hydrogen-bond acceptors (Lipinski definition) is 6. The highest BCUT2D eigenvalue weighted by atomic mass is 19.4. The highest BCUT2D eigenvalue weighted by Gasteiger charge is 2.34. The van der Waals surface area contributed by atoms with Gasteiger partial charge in [-0.05, 0) is 59.7 Å². The maximum absolute atomic E-state index is 13.2. The van der Waals surface area contributed by atoms with Gasteiger partial charge in [0, 0.05) is 12.6 Å². The van der Waals surface area contributed by atoms with Crippen LogP contribution in [-0.4, -0.2) is 32.6 Å². The summed E-state index contributed by atoms with van der Waals surface area (Å²) in [7, 11) is 2.66. The minimum absolute atomic E-state index is 0.0232. The van der Waals surface area contributed by atoms with Crippen molar-refractivity contribution in [2.24, 2.45) is 12.2 Å². The fourth-order valence-electron chi connectivity index (χ4n) is 2.94. The lowest BCUT2D eigenvalue weighted by atomic mass is 10.1. The molecule has 0 spiro atoms. The molecule has 0 bridgehead atoms. The molecule has 8 nitrogen and oxygen atoms in total. The highest BCUT2D eigenvalue weighted by Crippen LogP contribution is 2.36. The second kappa shape index (κ2) is 8.62. The van der Waals surface area contributed by atoms with Crippen LogP contribution in [0.15, 0.2) is 46.3 Å². The molecule has 0 aliphatic rings. The van der Waals surface area contributed by atoms with Crippen LogP contribution >= 0.6 is 0 Å². The molecular formula is C20H20F3N5O3. The zero-order valence-corrected chi connectivity index (χ0v) is 17.3. The summed E-state index contributed by atoms with van der Waals surface area (Å²) in [4.78, 5) is 17.6. The van der Waals surface area contributed by atoms with Crippen LogP contribution in [0.25, 0.3) is 5.69 Å². The van der Waals surface area contributed by atoms with E-state index in [9.17, 15) is 18.0 Å². The fraction of sp³-hybridized carbons (Fsp3) is 0.300. The Morgan fingerprint density at radius 3 is 2.55 bits per heavy atom. The van der Waals surface area contributed by atoms with Gasteiger partial charge >= 0.3 is 11.9 Å². The van der Waals surface area contributed by atoms with Crippen molar-refractivity contribution in [2.45, 2.75) is 26.6 Å². The van der Waals surface area contributed by atoms with Gasteiger partial charge in [-0.2, -0.15) is 22.5 Å². The summed E-state index contributed by atoms with van der Waals surface area (Å²) in [5, 5.41) is 11.5. The number of methoxy groups -OCH3 is 1. The summed E-state index contributed by atoms with van der Waals surface area (Å²) in [5.74, 6) is -0.274. The van der Waals surface area contributed by atoms with Crippen LogP contribution in [0.2, 0.25) is 0 Å². The van der Waals surface area contributed by atoms with Gasteiger partial charge in [-0.15, -0.1) is 0 Å². The van der Waals surface area contributed by atoms with Gasteiger partial charge in [0.25, 0.3) is 0 Å². The quantitative estimate of drug-likeness (QED) is 0.439. The van der Waals surface area contributed by atoms with Gasteiger partial charge in [0.1, 0.15) is 12.4 Å². The van der Waals surface area contributed by atoms with Gasteiger partial charge in [-0.3, -0.25) is 0 Å². The van der Waals surface area contributed by atoms with Gasteiger partial charge < -0.3 is 9.57 Å². The number of halogens is 3. The van der Waals surface area contributed by atoms with Crippen molar-refractivity contribution in [3.05, 3.63) is 69.1 Å². The third-order valence-corrected chi connectivity index (χ3v) is 4.67. The summed E-state index contributed by atoms with van der Waals surface area (Å²) in [6.07, 6.45) is -4.57. The van der Waals surface area contributed by atoms with E-state index in [0.29, 0.717) is 11.3 Å². The van der Waals surface area contributed by atoms with Crippen molar-refractivity contribution in [3.8, 4) is 11.4 Å². The number of oxime groups is 1. The summed E-state index contributed by atoms with van der Waals surface area (Å²) in [5.41, 5.74) is 1.12. The van der Waals surface area contributed by atoms with Gasteiger partial charge in [0.2, 0.25) is 0 Å². The van der Waals surface area contributed by atoms with Crippen molar-refractivity contribution in [2.75, 3.05) is 7.11 Å². The second-order valence-electron chi connectivity index (χ2n) is 6.73. The van der Waals surface area contributed by atoms with Crippen molar-refractivity contribution in [1.82, 2.24) is 19.8 Å². The number of rotatable bonds is 6. The molecule has 0 radical (unpaired) electrons. The highest BCUT2D eigenvalue weighted by molar-refractivity contribution is 5.98. The van der Waals surface area contributed by atoms with Crippen molar-refractivity contribution in [1.29, 1.82) is 0 Å². The molecule has 0 aliphatic carbocycles. The van der Waals surface area contributed by atoms with Crippen LogP contribution in [0.3, 0.4) is 0 Å². The molecule has 0 atom stereocenters. The average Bonchev–Trinajstić information content (AvgIpc) is 3.06. The Balaban J connectivity index is 1.86. The molecule has 2 aromatic carbocycles. The first-order valence-corrected chi connectivity index (χ1v) is 9.13. The molecule has 0 fully saturated rings. The Morgan fingerprint density at radius 1 is 1.19 bits per heavy atom. The zero-order chi connectivity index (χ0) is 22.8. The van der Waals surface area contributed by atoms with Crippen LogP contribution in [-0.2, 0) is 24.7 Å². The Labute approximate surface area is 175 Å². The van der Waals surface area contributed by atoms with Gasteiger partial charge in [-0.1, -0.05) is 17.3 Å². The molecular weight excluding hydrogens is 415 g/mol. The predicted molar refractivity (Wildman–Crippen MR) is 106 cm³/mol. The largest absolute Gasteiger partial charge is 0.496 e. The van der Waals surface area contributed by atoms with Crippen LogP contribution in [0.4, 0.5) is 13.2 Å². The summed E-state index contributed by atoms with van der Waals surface area (Å²) in [6, 6.07) is 8.95. The molecule has 3 aromatic rings. The van der Waals surface area contributed by atoms with Gasteiger partial charge in [-0.25, -0.2) is 4.79 Å². The summed E-state index contributed by atoms with van der Waals surface area (Å²) >= 11 is 0. The van der Waals surface area contributed by atoms with E-state index in [1.54, 1.807) is 12.1 Å². The lowest BCUT2D eigenvalue weighted by Crippen LogP contribution is -2.23. The average molecular weight is 435 g/mol. The number of aryl methyl sites for hydroxylation is 2. The molecule has 11 heteroatoms. The van der Waals surface area contributed by atoms with Crippen LogP contribution in [0, 0.1) is 6.92 Å². The maximum Gasteiger partial charge on any atom is 0.419 e. The minimum atomic E-state index is -4.57. The minimum Gasteiger partial charge on any atom is -0.496 e. The molecule has 0 unspecified atom stereocenters. The molecule has 0 saturated carbocycles. The maximum atomic E-state index is 13.2. The molecule has 31 heavy (non-hydrogen) atoms. The second-order valence-corrected chi connectivity index (χ2v) is 6.73. The number of benzene rings is 2. The molecule has 0 aliphatic heterocycles. The monoisotopic (exact) mass is 435 g/mol. The number of nitrogens with zero attached hydrogens (tertiary/aromatic N) is 5. The molecule has 1 heterocycles. The number of alkyl halides is 3. The number of hydrogen-bond donors (Lipinski definition) is 0. The summed E-state index contributed by atoms with van der Waals surface area (Å²) < 4.78 is 46.8. The molecule has 0 N–H and O–H groups in total. The SMILES string of the molecule is COc1ccc(C(C)=NOCc2c(C)cccc2-n2nnn(C)c2=O)cc1C(F)(F)F. The first-order chi connectivity index (χ1) is 14.6. The third-order valence-electron chi connectivity index (χ3n) is 4.67. The molecule has 1 aromatic heterocycles. The Bertz CT molecular complexity index is 1180. The Hall–Kier alpha value is -3.63. The van der Waals surface area contributed by atoms with E-state index < -0.39 is 17.4 Å². The number of ether oxygens (including phenoxy) is 1. The molecule has 0 saturated heterocycles. The van der Waals surface area contributed by atoms with E-state index >= 15 is 0 Å². The lowest BCUT2D eigenvalue weighted by molar-refractivity contribution is -0.138. The van der Waals surface area contributed by atoms with Gasteiger partial charge in [0.15, 0.2) is 0 Å². The third kappa shape index (κ3) is 4.60. The molecule has 0 amide bonds. The van der Waals surface area contributed by atoms with E-state index in [1.165, 1.54) is 33.2 Å². The Kier molecular flexibility index (Phi) is 6.14. The van der Waals surface area contributed by atoms with Crippen molar-refractivity contribution < 1.29 is 22.7 Å². The number of tetrazole rings is 1. The number of aromatic nitrogens is 4.